The molecule has 2 unspecified atom stereocenters. The molecule has 4 heterocycles. The molecule has 4 rings (SSSR count). The Labute approximate surface area is 102 Å². The van der Waals surface area contributed by atoms with Crippen molar-refractivity contribution in [3.8, 4) is 0 Å². The highest BCUT2D eigenvalue weighted by atomic mass is 15.4. The molecule has 2 atom stereocenters. The standard InChI is InChI=1S/C10H10N8/c1-5-7(13-3-11-1)17-9(15-5)10-16-6-2-12-4-14-8(6)18-10/h1-4,9-10,15-16H,(H,11,13,17)(H,12,14,18). The smallest absolute Gasteiger partial charge is 0.154 e. The van der Waals surface area contributed by atoms with Crippen LogP contribution >= 0.6 is 0 Å². The van der Waals surface area contributed by atoms with Gasteiger partial charge < -0.3 is 21.3 Å². The summed E-state index contributed by atoms with van der Waals surface area (Å²) >= 11 is 0. The fourth-order valence-electron chi connectivity index (χ4n) is 2.14. The van der Waals surface area contributed by atoms with Gasteiger partial charge in [0.15, 0.2) is 11.6 Å². The molecule has 0 spiro atoms. The van der Waals surface area contributed by atoms with E-state index in [0.29, 0.717) is 0 Å². The van der Waals surface area contributed by atoms with Crippen molar-refractivity contribution in [3.05, 3.63) is 25.0 Å². The molecule has 0 bridgehead atoms. The van der Waals surface area contributed by atoms with Crippen molar-refractivity contribution in [3.63, 3.8) is 0 Å². The van der Waals surface area contributed by atoms with Crippen molar-refractivity contribution in [1.29, 1.82) is 0 Å². The van der Waals surface area contributed by atoms with E-state index >= 15 is 0 Å². The number of nitrogens with one attached hydrogen (secondary N) is 4. The normalized spacial score (nSPS) is 23.1. The Hall–Kier alpha value is -2.64. The van der Waals surface area contributed by atoms with Crippen molar-refractivity contribution < 1.29 is 0 Å². The van der Waals surface area contributed by atoms with E-state index in [2.05, 4.69) is 41.2 Å². The number of fused-ring (bicyclic) bond motifs is 2. The molecule has 8 heteroatoms. The molecule has 2 aliphatic heterocycles. The molecule has 8 nitrogen and oxygen atoms in total. The molecule has 0 aromatic carbocycles. The van der Waals surface area contributed by atoms with Gasteiger partial charge in [-0.05, 0) is 0 Å². The predicted molar refractivity (Wildman–Crippen MR) is 66.1 cm³/mol. The first-order chi connectivity index (χ1) is 8.90. The molecule has 0 saturated carbocycles. The fraction of sp³-hybridized carbons (Fsp3) is 0.200. The number of anilines is 4. The Morgan fingerprint density at radius 3 is 1.67 bits per heavy atom. The number of hydrogen-bond donors (Lipinski definition) is 4. The van der Waals surface area contributed by atoms with Gasteiger partial charge >= 0.3 is 0 Å². The minimum Gasteiger partial charge on any atom is -0.358 e. The number of hydrogen-bond acceptors (Lipinski definition) is 8. The topological polar surface area (TPSA) is 99.7 Å². The maximum atomic E-state index is 4.16. The molecule has 2 aromatic heterocycles. The zero-order valence-corrected chi connectivity index (χ0v) is 9.25. The zero-order chi connectivity index (χ0) is 11.9. The lowest BCUT2D eigenvalue weighted by atomic mass is 10.4. The van der Waals surface area contributed by atoms with Crippen molar-refractivity contribution in [1.82, 2.24) is 19.9 Å². The van der Waals surface area contributed by atoms with Gasteiger partial charge in [-0.1, -0.05) is 0 Å². The molecule has 0 saturated heterocycles. The fourth-order valence-corrected chi connectivity index (χ4v) is 2.14. The van der Waals surface area contributed by atoms with Gasteiger partial charge in [-0.2, -0.15) is 0 Å². The summed E-state index contributed by atoms with van der Waals surface area (Å²) in [5, 5.41) is 13.2. The van der Waals surface area contributed by atoms with E-state index < -0.39 is 0 Å². The van der Waals surface area contributed by atoms with Gasteiger partial charge in [0, 0.05) is 0 Å². The molecular formula is C10H10N8. The quantitative estimate of drug-likeness (QED) is 0.566. The van der Waals surface area contributed by atoms with Crippen LogP contribution in [0.2, 0.25) is 0 Å². The summed E-state index contributed by atoms with van der Waals surface area (Å²) in [7, 11) is 0. The molecule has 0 fully saturated rings. The highest BCUT2D eigenvalue weighted by molar-refractivity contribution is 5.74. The second kappa shape index (κ2) is 3.42. The van der Waals surface area contributed by atoms with E-state index in [0.717, 1.165) is 23.0 Å². The first kappa shape index (κ1) is 9.40. The molecule has 0 amide bonds. The Kier molecular flexibility index (Phi) is 1.79. The van der Waals surface area contributed by atoms with Crippen LogP contribution in [0.3, 0.4) is 0 Å². The monoisotopic (exact) mass is 242 g/mol. The Morgan fingerprint density at radius 2 is 1.22 bits per heavy atom. The first-order valence-corrected chi connectivity index (χ1v) is 5.56. The molecule has 2 aliphatic rings. The maximum absolute atomic E-state index is 4.16. The molecule has 90 valence electrons. The lowest BCUT2D eigenvalue weighted by Gasteiger charge is -2.20. The number of nitrogens with zero attached hydrogens (tertiary/aromatic N) is 4. The summed E-state index contributed by atoms with van der Waals surface area (Å²) in [6.45, 7) is 0. The van der Waals surface area contributed by atoms with E-state index in [-0.39, 0.29) is 12.3 Å². The first-order valence-electron chi connectivity index (χ1n) is 5.56. The van der Waals surface area contributed by atoms with Gasteiger partial charge in [0.1, 0.15) is 25.0 Å². The molecule has 2 aromatic rings. The zero-order valence-electron chi connectivity index (χ0n) is 9.25. The third-order valence-corrected chi connectivity index (χ3v) is 2.96. The third kappa shape index (κ3) is 1.32. The minimum atomic E-state index is -0.0223. The summed E-state index contributed by atoms with van der Waals surface area (Å²) in [4.78, 5) is 16.3. The average molecular weight is 242 g/mol. The van der Waals surface area contributed by atoms with E-state index in [1.807, 2.05) is 0 Å². The van der Waals surface area contributed by atoms with Crippen LogP contribution in [0.25, 0.3) is 0 Å². The van der Waals surface area contributed by atoms with Crippen LogP contribution in [0.4, 0.5) is 23.0 Å². The summed E-state index contributed by atoms with van der Waals surface area (Å²) in [5.74, 6) is 1.61. The minimum absolute atomic E-state index is 0.0223. The summed E-state index contributed by atoms with van der Waals surface area (Å²) in [6.07, 6.45) is 6.49. The van der Waals surface area contributed by atoms with E-state index in [4.69, 9.17) is 0 Å². The van der Waals surface area contributed by atoms with Crippen LogP contribution in [-0.2, 0) is 0 Å². The van der Waals surface area contributed by atoms with Crippen LogP contribution in [-0.4, -0.2) is 32.3 Å². The highest BCUT2D eigenvalue weighted by Crippen LogP contribution is 2.31. The lowest BCUT2D eigenvalue weighted by Crippen LogP contribution is -2.44. The second-order valence-electron chi connectivity index (χ2n) is 4.10. The lowest BCUT2D eigenvalue weighted by molar-refractivity contribution is 0.733. The molecular weight excluding hydrogens is 232 g/mol. The van der Waals surface area contributed by atoms with Crippen LogP contribution in [0.5, 0.6) is 0 Å². The van der Waals surface area contributed by atoms with Crippen LogP contribution in [0.1, 0.15) is 0 Å². The van der Waals surface area contributed by atoms with Gasteiger partial charge in [-0.25, -0.2) is 19.9 Å². The van der Waals surface area contributed by atoms with Crippen molar-refractivity contribution in [2.24, 2.45) is 0 Å². The highest BCUT2D eigenvalue weighted by Gasteiger charge is 2.33. The van der Waals surface area contributed by atoms with Gasteiger partial charge in [-0.15, -0.1) is 0 Å². The molecule has 18 heavy (non-hydrogen) atoms. The van der Waals surface area contributed by atoms with Crippen molar-refractivity contribution in [2.45, 2.75) is 12.3 Å². The van der Waals surface area contributed by atoms with Crippen molar-refractivity contribution in [2.75, 3.05) is 21.3 Å². The average Bonchev–Trinajstić information content (AvgIpc) is 3.02. The molecule has 0 aliphatic carbocycles. The van der Waals surface area contributed by atoms with E-state index in [1.165, 1.54) is 12.7 Å². The van der Waals surface area contributed by atoms with E-state index in [1.54, 1.807) is 12.4 Å². The van der Waals surface area contributed by atoms with Crippen LogP contribution < -0.4 is 21.3 Å². The predicted octanol–water partition coefficient (Wildman–Crippen LogP) is 0.294. The van der Waals surface area contributed by atoms with Crippen molar-refractivity contribution >= 4 is 23.0 Å². The van der Waals surface area contributed by atoms with Gasteiger partial charge in [0.25, 0.3) is 0 Å². The van der Waals surface area contributed by atoms with E-state index in [9.17, 15) is 0 Å². The van der Waals surface area contributed by atoms with Crippen LogP contribution in [0.15, 0.2) is 25.0 Å². The summed E-state index contributed by atoms with van der Waals surface area (Å²) < 4.78 is 0. The second-order valence-corrected chi connectivity index (χ2v) is 4.10. The van der Waals surface area contributed by atoms with Crippen LogP contribution in [0, 0.1) is 0 Å². The SMILES string of the molecule is c1ncc2c(n1)NC(C1Nc3cncnc3N1)N2. The maximum Gasteiger partial charge on any atom is 0.154 e. The number of aromatic nitrogens is 4. The Bertz CT molecular complexity index is 496. The largest absolute Gasteiger partial charge is 0.358 e. The number of rotatable bonds is 1. The molecule has 4 N–H and O–H groups in total. The molecule has 0 radical (unpaired) electrons. The summed E-state index contributed by atoms with van der Waals surface area (Å²) in [6, 6.07) is 0. The summed E-state index contributed by atoms with van der Waals surface area (Å²) in [5.41, 5.74) is 1.79. The van der Waals surface area contributed by atoms with Gasteiger partial charge in [0.05, 0.1) is 23.8 Å². The van der Waals surface area contributed by atoms with Gasteiger partial charge in [-0.3, -0.25) is 0 Å². The Balaban J connectivity index is 1.56. The van der Waals surface area contributed by atoms with Gasteiger partial charge in [0.2, 0.25) is 0 Å². The Morgan fingerprint density at radius 1 is 0.722 bits per heavy atom. The third-order valence-electron chi connectivity index (χ3n) is 2.96.